The van der Waals surface area contributed by atoms with Gasteiger partial charge in [0, 0.05) is 6.92 Å². The van der Waals surface area contributed by atoms with Gasteiger partial charge in [-0.15, -0.1) is 0 Å². The Balaban J connectivity index is 1.57. The summed E-state index contributed by atoms with van der Waals surface area (Å²) in [6.45, 7) is 3.93. The molecule has 0 spiro atoms. The van der Waals surface area contributed by atoms with Crippen molar-refractivity contribution < 1.29 is 27.5 Å². The molecule has 9 heteroatoms. The van der Waals surface area contributed by atoms with Crippen molar-refractivity contribution in [1.82, 2.24) is 10.3 Å². The lowest BCUT2D eigenvalue weighted by atomic mass is 10.2. The Morgan fingerprint density at radius 1 is 1.23 bits per heavy atom. The van der Waals surface area contributed by atoms with Crippen molar-refractivity contribution in [3.63, 3.8) is 0 Å². The van der Waals surface area contributed by atoms with Gasteiger partial charge in [-0.1, -0.05) is 0 Å². The Morgan fingerprint density at radius 3 is 2.68 bits per heavy atom. The van der Waals surface area contributed by atoms with Crippen molar-refractivity contribution in [3.8, 4) is 23.0 Å². The molecule has 1 unspecified atom stereocenters. The van der Waals surface area contributed by atoms with Crippen LogP contribution in [0.5, 0.6) is 11.5 Å². The third-order valence-electron chi connectivity index (χ3n) is 4.85. The van der Waals surface area contributed by atoms with Gasteiger partial charge < -0.3 is 19.2 Å². The van der Waals surface area contributed by atoms with Gasteiger partial charge in [0.25, 0.3) is 0 Å². The normalized spacial score (nSPS) is 14.5. The number of nitrogens with zero attached hydrogens (tertiary/aromatic N) is 1. The molecule has 1 heterocycles. The van der Waals surface area contributed by atoms with Crippen molar-refractivity contribution >= 4 is 39.6 Å². The van der Waals surface area contributed by atoms with Gasteiger partial charge in [0.15, 0.2) is 17.1 Å². The summed E-state index contributed by atoms with van der Waals surface area (Å²) in [5.74, 6) is -1.41. The molecule has 0 saturated heterocycles. The van der Waals surface area contributed by atoms with Crippen LogP contribution in [0.4, 0.5) is 8.78 Å². The Labute approximate surface area is 191 Å². The number of rotatable bonds is 8. The first-order valence-electron chi connectivity index (χ1n) is 9.93. The quantitative estimate of drug-likeness (QED) is 0.403. The standard InChI is InChI=1S/C22H21F2IN2O4/c1-11(26-12(2)28)9-29-17-8-6-15-21(20(17)25)31-22(27-15)14-5-7-16(19(24)18(14)23)30-10-13-3-4-13/h5-8,11,13H,3-4,9-10H2,1-2H3,(H,26,28). The van der Waals surface area contributed by atoms with Crippen molar-refractivity contribution in [2.75, 3.05) is 13.2 Å². The van der Waals surface area contributed by atoms with Crippen LogP contribution in [0.15, 0.2) is 28.7 Å². The molecule has 1 saturated carbocycles. The van der Waals surface area contributed by atoms with E-state index < -0.39 is 11.6 Å². The Bertz CT molecular complexity index is 1130. The van der Waals surface area contributed by atoms with Crippen LogP contribution < -0.4 is 14.8 Å². The summed E-state index contributed by atoms with van der Waals surface area (Å²) >= 11 is 2.05. The molecule has 1 amide bonds. The van der Waals surface area contributed by atoms with E-state index in [2.05, 4.69) is 32.9 Å². The van der Waals surface area contributed by atoms with Crippen LogP contribution in [0.3, 0.4) is 0 Å². The number of carbonyl (C=O) groups is 1. The molecule has 2 aromatic carbocycles. The molecule has 164 valence electrons. The zero-order chi connectivity index (χ0) is 22.1. The molecule has 1 atom stereocenters. The molecular formula is C22H21F2IN2O4. The molecule has 1 aliphatic rings. The number of amides is 1. The Kier molecular flexibility index (Phi) is 6.31. The van der Waals surface area contributed by atoms with Crippen LogP contribution in [-0.2, 0) is 4.79 Å². The molecule has 0 bridgehead atoms. The van der Waals surface area contributed by atoms with Crippen LogP contribution in [-0.4, -0.2) is 30.1 Å². The number of fused-ring (bicyclic) bond motifs is 1. The van der Waals surface area contributed by atoms with E-state index in [1.54, 1.807) is 12.1 Å². The minimum atomic E-state index is -1.06. The lowest BCUT2D eigenvalue weighted by Gasteiger charge is -2.14. The van der Waals surface area contributed by atoms with E-state index in [-0.39, 0.29) is 35.8 Å². The number of benzene rings is 2. The third-order valence-corrected chi connectivity index (χ3v) is 5.87. The van der Waals surface area contributed by atoms with Crippen molar-refractivity contribution in [1.29, 1.82) is 0 Å². The number of nitrogens with one attached hydrogen (secondary N) is 1. The number of carbonyl (C=O) groups excluding carboxylic acids is 1. The summed E-state index contributed by atoms with van der Waals surface area (Å²) in [5, 5.41) is 2.74. The number of halogens is 3. The zero-order valence-electron chi connectivity index (χ0n) is 17.0. The number of oxazole rings is 1. The first-order chi connectivity index (χ1) is 14.8. The summed E-state index contributed by atoms with van der Waals surface area (Å²) < 4.78 is 46.7. The minimum absolute atomic E-state index is 0.0261. The second kappa shape index (κ2) is 8.97. The van der Waals surface area contributed by atoms with Crippen LogP contribution in [0, 0.1) is 21.1 Å². The first-order valence-corrected chi connectivity index (χ1v) is 11.0. The smallest absolute Gasteiger partial charge is 0.230 e. The lowest BCUT2D eigenvalue weighted by Crippen LogP contribution is -2.35. The van der Waals surface area contributed by atoms with Crippen LogP contribution in [0.2, 0.25) is 0 Å². The van der Waals surface area contributed by atoms with Gasteiger partial charge in [0.05, 0.1) is 21.8 Å². The average Bonchev–Trinajstić information content (AvgIpc) is 3.45. The molecule has 1 aliphatic carbocycles. The van der Waals surface area contributed by atoms with Gasteiger partial charge in [0.2, 0.25) is 17.6 Å². The van der Waals surface area contributed by atoms with E-state index in [1.807, 2.05) is 6.92 Å². The first kappa shape index (κ1) is 21.8. The van der Waals surface area contributed by atoms with E-state index in [0.29, 0.717) is 32.9 Å². The lowest BCUT2D eigenvalue weighted by molar-refractivity contribution is -0.119. The summed E-state index contributed by atoms with van der Waals surface area (Å²) in [4.78, 5) is 15.4. The highest BCUT2D eigenvalue weighted by Crippen LogP contribution is 2.36. The van der Waals surface area contributed by atoms with Gasteiger partial charge in [-0.3, -0.25) is 4.79 Å². The highest BCUT2D eigenvalue weighted by molar-refractivity contribution is 14.1. The predicted octanol–water partition coefficient (Wildman–Crippen LogP) is 5.07. The van der Waals surface area contributed by atoms with Gasteiger partial charge in [-0.25, -0.2) is 9.37 Å². The maximum atomic E-state index is 14.7. The second-order valence-corrected chi connectivity index (χ2v) is 8.73. The molecule has 1 fully saturated rings. The van der Waals surface area contributed by atoms with Gasteiger partial charge in [-0.2, -0.15) is 4.39 Å². The number of aromatic nitrogens is 1. The maximum absolute atomic E-state index is 14.7. The molecule has 6 nitrogen and oxygen atoms in total. The van der Waals surface area contributed by atoms with Gasteiger partial charge in [0.1, 0.15) is 17.9 Å². The Morgan fingerprint density at radius 2 is 1.97 bits per heavy atom. The van der Waals surface area contributed by atoms with E-state index in [0.717, 1.165) is 12.8 Å². The molecule has 31 heavy (non-hydrogen) atoms. The number of ether oxygens (including phenoxy) is 2. The van der Waals surface area contributed by atoms with Gasteiger partial charge in [-0.05, 0) is 72.5 Å². The number of hydrogen-bond donors (Lipinski definition) is 1. The Hall–Kier alpha value is -2.43. The predicted molar refractivity (Wildman–Crippen MR) is 119 cm³/mol. The monoisotopic (exact) mass is 542 g/mol. The topological polar surface area (TPSA) is 73.6 Å². The largest absolute Gasteiger partial charge is 0.490 e. The molecule has 0 aliphatic heterocycles. The van der Waals surface area contributed by atoms with Crippen LogP contribution in [0.1, 0.15) is 26.7 Å². The van der Waals surface area contributed by atoms with E-state index in [1.165, 1.54) is 19.1 Å². The summed E-state index contributed by atoms with van der Waals surface area (Å²) in [5.41, 5.74) is 0.828. The number of hydrogen-bond acceptors (Lipinski definition) is 5. The summed E-state index contributed by atoms with van der Waals surface area (Å²) in [6, 6.07) is 6.04. The van der Waals surface area contributed by atoms with Crippen molar-refractivity contribution in [2.24, 2.45) is 5.92 Å². The fourth-order valence-electron chi connectivity index (χ4n) is 3.07. The van der Waals surface area contributed by atoms with E-state index in [4.69, 9.17) is 13.9 Å². The molecular weight excluding hydrogens is 521 g/mol. The molecule has 1 aromatic heterocycles. The second-order valence-electron chi connectivity index (χ2n) is 7.65. The van der Waals surface area contributed by atoms with Crippen LogP contribution in [0.25, 0.3) is 22.6 Å². The summed E-state index contributed by atoms with van der Waals surface area (Å²) in [7, 11) is 0. The highest BCUT2D eigenvalue weighted by atomic mass is 127. The van der Waals surface area contributed by atoms with Crippen molar-refractivity contribution in [2.45, 2.75) is 32.7 Å². The maximum Gasteiger partial charge on any atom is 0.230 e. The van der Waals surface area contributed by atoms with E-state index >= 15 is 0 Å². The van der Waals surface area contributed by atoms with Gasteiger partial charge >= 0.3 is 0 Å². The summed E-state index contributed by atoms with van der Waals surface area (Å²) in [6.07, 6.45) is 2.11. The minimum Gasteiger partial charge on any atom is -0.490 e. The zero-order valence-corrected chi connectivity index (χ0v) is 19.2. The van der Waals surface area contributed by atoms with Crippen LogP contribution >= 0.6 is 22.6 Å². The SMILES string of the molecule is CC(=O)NC(C)COc1ccc2nc(-c3ccc(OCC4CC4)c(F)c3F)oc2c1I. The highest BCUT2D eigenvalue weighted by Gasteiger charge is 2.25. The third kappa shape index (κ3) is 4.91. The average molecular weight is 542 g/mol. The van der Waals surface area contributed by atoms with Crippen molar-refractivity contribution in [3.05, 3.63) is 39.5 Å². The fourth-order valence-corrected chi connectivity index (χ4v) is 3.79. The molecule has 4 rings (SSSR count). The van der Waals surface area contributed by atoms with E-state index in [9.17, 15) is 13.6 Å². The molecule has 3 aromatic rings. The fraction of sp³-hybridized carbons (Fsp3) is 0.364. The molecule has 1 N–H and O–H groups in total. The molecule has 0 radical (unpaired) electrons.